The topological polar surface area (TPSA) is 185 Å². The van der Waals surface area contributed by atoms with E-state index in [-0.39, 0.29) is 43.2 Å². The molecular formula is C32H32N4O8S2. The molecule has 0 aliphatic rings. The standard InChI is InChI=1S/2C16H16N2O4S/c2*1-11(19)17-13-3-7-15(8-4-13)23(21,22)16-9-5-14(6-10-16)18-12(2)20/h2*3-10H,1-2H3,(H,17,19)(H,18,20). The highest BCUT2D eigenvalue weighted by Gasteiger charge is 2.19. The van der Waals surface area contributed by atoms with E-state index in [1.165, 1.54) is 125 Å². The molecule has 0 heterocycles. The Bertz CT molecular complexity index is 1660. The summed E-state index contributed by atoms with van der Waals surface area (Å²) in [6.07, 6.45) is 0. The van der Waals surface area contributed by atoms with E-state index in [2.05, 4.69) is 21.3 Å². The number of anilines is 4. The number of carbonyl (C=O) groups is 4. The highest BCUT2D eigenvalue weighted by molar-refractivity contribution is 7.91. The maximum atomic E-state index is 12.5. The van der Waals surface area contributed by atoms with Crippen LogP contribution in [0.2, 0.25) is 0 Å². The molecule has 0 unspecified atom stereocenters. The van der Waals surface area contributed by atoms with Gasteiger partial charge in [0, 0.05) is 50.4 Å². The number of sulfone groups is 2. The molecule has 0 radical (unpaired) electrons. The molecule has 240 valence electrons. The molecule has 0 saturated carbocycles. The van der Waals surface area contributed by atoms with Crippen molar-refractivity contribution in [3.05, 3.63) is 97.1 Å². The van der Waals surface area contributed by atoms with Crippen LogP contribution in [0, 0.1) is 0 Å². The summed E-state index contributed by atoms with van der Waals surface area (Å²) < 4.78 is 50.1. The predicted octanol–water partition coefficient (Wildman–Crippen LogP) is 4.87. The fourth-order valence-corrected chi connectivity index (χ4v) is 6.48. The summed E-state index contributed by atoms with van der Waals surface area (Å²) in [6, 6.07) is 23.7. The molecule has 46 heavy (non-hydrogen) atoms. The number of nitrogens with one attached hydrogen (secondary N) is 4. The van der Waals surface area contributed by atoms with Crippen molar-refractivity contribution in [2.45, 2.75) is 47.3 Å². The molecule has 0 aliphatic heterocycles. The molecule has 4 amide bonds. The van der Waals surface area contributed by atoms with E-state index < -0.39 is 19.7 Å². The molecular weight excluding hydrogens is 633 g/mol. The number of hydrogen-bond acceptors (Lipinski definition) is 8. The first-order valence-corrected chi connectivity index (χ1v) is 16.6. The van der Waals surface area contributed by atoms with Gasteiger partial charge >= 0.3 is 0 Å². The predicted molar refractivity (Wildman–Crippen MR) is 174 cm³/mol. The van der Waals surface area contributed by atoms with Crippen molar-refractivity contribution in [2.75, 3.05) is 21.3 Å². The molecule has 0 spiro atoms. The third-order valence-electron chi connectivity index (χ3n) is 5.94. The Kier molecular flexibility index (Phi) is 11.5. The summed E-state index contributed by atoms with van der Waals surface area (Å²) in [6.45, 7) is 5.51. The molecule has 0 fully saturated rings. The summed E-state index contributed by atoms with van der Waals surface area (Å²) in [5.74, 6) is -0.910. The molecule has 0 aromatic heterocycles. The number of amides is 4. The van der Waals surface area contributed by atoms with Crippen molar-refractivity contribution in [2.24, 2.45) is 0 Å². The van der Waals surface area contributed by atoms with Crippen LogP contribution in [0.15, 0.2) is 117 Å². The SMILES string of the molecule is CC(=O)Nc1ccc(S(=O)(=O)c2ccc(NC(C)=O)cc2)cc1.CC(=O)Nc1ccc(S(=O)(=O)c2ccc(NC(C)=O)cc2)cc1. The van der Waals surface area contributed by atoms with Crippen molar-refractivity contribution in [3.8, 4) is 0 Å². The highest BCUT2D eigenvalue weighted by atomic mass is 32.2. The fourth-order valence-electron chi connectivity index (χ4n) is 3.95. The van der Waals surface area contributed by atoms with Crippen LogP contribution in [0.25, 0.3) is 0 Å². The van der Waals surface area contributed by atoms with E-state index in [1.807, 2.05) is 0 Å². The monoisotopic (exact) mass is 664 g/mol. The van der Waals surface area contributed by atoms with E-state index in [0.717, 1.165) is 0 Å². The first-order valence-electron chi connectivity index (χ1n) is 13.6. The maximum absolute atomic E-state index is 12.5. The van der Waals surface area contributed by atoms with Crippen LogP contribution in [-0.2, 0) is 38.9 Å². The maximum Gasteiger partial charge on any atom is 0.221 e. The van der Waals surface area contributed by atoms with E-state index in [1.54, 1.807) is 0 Å². The number of benzene rings is 4. The molecule has 0 aliphatic carbocycles. The van der Waals surface area contributed by atoms with Gasteiger partial charge in [0.05, 0.1) is 19.6 Å². The zero-order valence-corrected chi connectivity index (χ0v) is 27.0. The molecule has 4 aromatic carbocycles. The van der Waals surface area contributed by atoms with E-state index in [9.17, 15) is 36.0 Å². The Labute approximate surface area is 267 Å². The highest BCUT2D eigenvalue weighted by Crippen LogP contribution is 2.25. The molecule has 4 N–H and O–H groups in total. The minimum absolute atomic E-state index is 0.124. The van der Waals surface area contributed by atoms with Gasteiger partial charge in [-0.15, -0.1) is 0 Å². The van der Waals surface area contributed by atoms with E-state index in [0.29, 0.717) is 22.7 Å². The Morgan fingerprint density at radius 1 is 0.348 bits per heavy atom. The number of hydrogen-bond donors (Lipinski definition) is 4. The first-order chi connectivity index (χ1) is 21.6. The minimum atomic E-state index is -3.65. The van der Waals surface area contributed by atoms with Crippen LogP contribution < -0.4 is 21.3 Å². The fraction of sp³-hybridized carbons (Fsp3) is 0.125. The van der Waals surface area contributed by atoms with Crippen LogP contribution in [-0.4, -0.2) is 40.5 Å². The van der Waals surface area contributed by atoms with Gasteiger partial charge in [0.1, 0.15) is 0 Å². The smallest absolute Gasteiger partial charge is 0.221 e. The van der Waals surface area contributed by atoms with Crippen LogP contribution in [0.1, 0.15) is 27.7 Å². The molecule has 0 atom stereocenters. The Balaban J connectivity index is 0.000000250. The van der Waals surface area contributed by atoms with Gasteiger partial charge in [-0.25, -0.2) is 16.8 Å². The van der Waals surface area contributed by atoms with Gasteiger partial charge in [0.15, 0.2) is 0 Å². The third-order valence-corrected chi connectivity index (χ3v) is 9.51. The van der Waals surface area contributed by atoms with Gasteiger partial charge in [-0.3, -0.25) is 19.2 Å². The van der Waals surface area contributed by atoms with Crippen molar-refractivity contribution < 1.29 is 36.0 Å². The molecule has 14 heteroatoms. The first kappa shape index (κ1) is 35.1. The third kappa shape index (κ3) is 9.84. The Morgan fingerprint density at radius 3 is 0.630 bits per heavy atom. The lowest BCUT2D eigenvalue weighted by Gasteiger charge is -2.08. The second-order valence-corrected chi connectivity index (χ2v) is 13.7. The molecule has 12 nitrogen and oxygen atoms in total. The summed E-state index contributed by atoms with van der Waals surface area (Å²) >= 11 is 0. The average molecular weight is 665 g/mol. The Hall–Kier alpha value is -5.34. The van der Waals surface area contributed by atoms with Gasteiger partial charge in [-0.1, -0.05) is 0 Å². The van der Waals surface area contributed by atoms with Crippen molar-refractivity contribution >= 4 is 66.1 Å². The zero-order valence-electron chi connectivity index (χ0n) is 25.3. The molecule has 4 rings (SSSR count). The summed E-state index contributed by atoms with van der Waals surface area (Å²) in [4.78, 5) is 44.4. The van der Waals surface area contributed by atoms with E-state index >= 15 is 0 Å². The number of carbonyl (C=O) groups excluding carboxylic acids is 4. The van der Waals surface area contributed by atoms with Crippen LogP contribution in [0.5, 0.6) is 0 Å². The Morgan fingerprint density at radius 2 is 0.500 bits per heavy atom. The summed E-state index contributed by atoms with van der Waals surface area (Å²) in [5, 5.41) is 10.3. The summed E-state index contributed by atoms with van der Waals surface area (Å²) in [5.41, 5.74) is 2.10. The van der Waals surface area contributed by atoms with Gasteiger partial charge < -0.3 is 21.3 Å². The van der Waals surface area contributed by atoms with Gasteiger partial charge in [0.25, 0.3) is 0 Å². The van der Waals surface area contributed by atoms with Gasteiger partial charge in [0.2, 0.25) is 43.3 Å². The molecule has 4 aromatic rings. The summed E-state index contributed by atoms with van der Waals surface area (Å²) in [7, 11) is -7.31. The molecule has 0 saturated heterocycles. The zero-order chi connectivity index (χ0) is 34.1. The van der Waals surface area contributed by atoms with Gasteiger partial charge in [-0.2, -0.15) is 0 Å². The quantitative estimate of drug-likeness (QED) is 0.205. The largest absolute Gasteiger partial charge is 0.326 e. The lowest BCUT2D eigenvalue weighted by molar-refractivity contribution is -0.115. The second-order valence-electron chi connectivity index (χ2n) is 9.83. The lowest BCUT2D eigenvalue weighted by Crippen LogP contribution is -2.07. The van der Waals surface area contributed by atoms with Crippen LogP contribution in [0.4, 0.5) is 22.7 Å². The second kappa shape index (κ2) is 15.1. The van der Waals surface area contributed by atoms with Crippen LogP contribution >= 0.6 is 0 Å². The number of rotatable bonds is 8. The van der Waals surface area contributed by atoms with Crippen molar-refractivity contribution in [3.63, 3.8) is 0 Å². The van der Waals surface area contributed by atoms with Gasteiger partial charge in [-0.05, 0) is 97.1 Å². The van der Waals surface area contributed by atoms with Crippen molar-refractivity contribution in [1.82, 2.24) is 0 Å². The van der Waals surface area contributed by atoms with E-state index in [4.69, 9.17) is 0 Å². The minimum Gasteiger partial charge on any atom is -0.326 e. The molecule has 0 bridgehead atoms. The van der Waals surface area contributed by atoms with Crippen LogP contribution in [0.3, 0.4) is 0 Å². The lowest BCUT2D eigenvalue weighted by atomic mass is 10.3. The average Bonchev–Trinajstić information content (AvgIpc) is 2.97. The van der Waals surface area contributed by atoms with Crippen molar-refractivity contribution in [1.29, 1.82) is 0 Å². The normalized spacial score (nSPS) is 10.9.